The molecule has 0 bridgehead atoms. The molecule has 4 rings (SSSR count). The van der Waals surface area contributed by atoms with E-state index in [1.807, 2.05) is 0 Å². The number of nitrogens with zero attached hydrogens (tertiary/aromatic N) is 2. The van der Waals surface area contributed by atoms with Gasteiger partial charge in [-0.05, 0) is 36.4 Å². The lowest BCUT2D eigenvalue weighted by molar-refractivity contribution is 0.101. The normalized spacial score (nSPS) is 10.7. The molecule has 2 aromatic carbocycles. The molecule has 8 heteroatoms. The second kappa shape index (κ2) is 6.38. The maximum absolute atomic E-state index is 14.0. The third-order valence-corrected chi connectivity index (χ3v) is 4.01. The Labute approximate surface area is 151 Å². The van der Waals surface area contributed by atoms with Gasteiger partial charge < -0.3 is 9.73 Å². The van der Waals surface area contributed by atoms with Gasteiger partial charge in [-0.2, -0.15) is 10.4 Å². The van der Waals surface area contributed by atoms with E-state index >= 15 is 0 Å². The van der Waals surface area contributed by atoms with Crippen molar-refractivity contribution in [3.05, 3.63) is 71.7 Å². The zero-order valence-corrected chi connectivity index (χ0v) is 13.6. The van der Waals surface area contributed by atoms with Crippen LogP contribution in [0.4, 0.5) is 14.5 Å². The van der Waals surface area contributed by atoms with Crippen LogP contribution in [0, 0.1) is 23.0 Å². The highest BCUT2D eigenvalue weighted by molar-refractivity contribution is 6.06. The number of hydrogen-bond acceptors (Lipinski definition) is 4. The molecule has 0 spiro atoms. The molecule has 0 aliphatic rings. The van der Waals surface area contributed by atoms with E-state index in [4.69, 9.17) is 9.68 Å². The number of halogens is 2. The number of H-pyrrole nitrogens is 1. The number of aromatic nitrogens is 2. The number of anilines is 1. The van der Waals surface area contributed by atoms with E-state index in [9.17, 15) is 13.6 Å². The van der Waals surface area contributed by atoms with E-state index in [-0.39, 0.29) is 5.56 Å². The fourth-order valence-corrected chi connectivity index (χ4v) is 2.76. The smallest absolute Gasteiger partial charge is 0.261 e. The fraction of sp³-hybridized carbons (Fsp3) is 0. The van der Waals surface area contributed by atoms with Crippen molar-refractivity contribution >= 4 is 22.5 Å². The highest BCUT2D eigenvalue weighted by atomic mass is 19.1. The number of nitrogens with one attached hydrogen (secondary N) is 2. The molecule has 2 N–H and O–H groups in total. The number of carbonyl (C=O) groups is 1. The molecule has 0 atom stereocenters. The number of fused-ring (bicyclic) bond motifs is 1. The zero-order chi connectivity index (χ0) is 19.0. The molecule has 4 aromatic rings. The minimum absolute atomic E-state index is 0.203. The van der Waals surface area contributed by atoms with Crippen LogP contribution in [0.3, 0.4) is 0 Å². The van der Waals surface area contributed by atoms with Crippen molar-refractivity contribution in [3.63, 3.8) is 0 Å². The van der Waals surface area contributed by atoms with Crippen LogP contribution in [-0.2, 0) is 0 Å². The Balaban J connectivity index is 1.69. The van der Waals surface area contributed by atoms with Gasteiger partial charge in [0, 0.05) is 16.6 Å². The molecule has 0 saturated carbocycles. The summed E-state index contributed by atoms with van der Waals surface area (Å²) in [6.07, 6.45) is 3.04. The second-order valence-corrected chi connectivity index (χ2v) is 5.73. The Morgan fingerprint density at radius 1 is 1.19 bits per heavy atom. The lowest BCUT2D eigenvalue weighted by Gasteiger charge is -2.08. The van der Waals surface area contributed by atoms with Gasteiger partial charge in [0.1, 0.15) is 22.9 Å². The number of hydrogen-bond donors (Lipinski definition) is 2. The van der Waals surface area contributed by atoms with Gasteiger partial charge in [-0.15, -0.1) is 0 Å². The number of furan rings is 1. The third kappa shape index (κ3) is 2.91. The minimum atomic E-state index is -1.10. The van der Waals surface area contributed by atoms with Crippen LogP contribution in [0.15, 0.2) is 53.3 Å². The molecule has 0 aliphatic heterocycles. The van der Waals surface area contributed by atoms with E-state index in [0.717, 1.165) is 23.2 Å². The van der Waals surface area contributed by atoms with Crippen LogP contribution >= 0.6 is 0 Å². The lowest BCUT2D eigenvalue weighted by Crippen LogP contribution is -2.16. The van der Waals surface area contributed by atoms with Crippen LogP contribution in [0.1, 0.15) is 15.9 Å². The first-order valence-electron chi connectivity index (χ1n) is 7.78. The molecule has 0 aliphatic carbocycles. The van der Waals surface area contributed by atoms with E-state index in [2.05, 4.69) is 15.5 Å². The topological polar surface area (TPSA) is 94.7 Å². The molecular weight excluding hydrogens is 354 g/mol. The molecular formula is C19H10F2N4O2. The monoisotopic (exact) mass is 364 g/mol. The standard InChI is InChI=1S/C19H10F2N4O2/c20-14-5-10(8-22)6-15(21)17(14)19(26)23-12-1-2-16-13(7-12)18(25-24-16)11-3-4-27-9-11/h1-7,9H,(H,23,26)(H,24,25). The summed E-state index contributed by atoms with van der Waals surface area (Å²) in [6, 6.07) is 9.90. The van der Waals surface area contributed by atoms with Crippen molar-refractivity contribution in [2.45, 2.75) is 0 Å². The summed E-state index contributed by atoms with van der Waals surface area (Å²) >= 11 is 0. The van der Waals surface area contributed by atoms with Gasteiger partial charge in [0.05, 0.1) is 29.7 Å². The number of aromatic amines is 1. The minimum Gasteiger partial charge on any atom is -0.472 e. The average molecular weight is 364 g/mol. The Morgan fingerprint density at radius 3 is 2.63 bits per heavy atom. The first-order valence-corrected chi connectivity index (χ1v) is 7.78. The molecule has 27 heavy (non-hydrogen) atoms. The van der Waals surface area contributed by atoms with Crippen LogP contribution in [0.25, 0.3) is 22.2 Å². The molecule has 0 unspecified atom stereocenters. The Bertz CT molecular complexity index is 1180. The highest BCUT2D eigenvalue weighted by Gasteiger charge is 2.19. The van der Waals surface area contributed by atoms with E-state index in [1.165, 1.54) is 12.5 Å². The first-order chi connectivity index (χ1) is 13.1. The fourth-order valence-electron chi connectivity index (χ4n) is 2.76. The zero-order valence-electron chi connectivity index (χ0n) is 13.6. The Morgan fingerprint density at radius 2 is 1.96 bits per heavy atom. The van der Waals surface area contributed by atoms with Gasteiger partial charge in [-0.1, -0.05) is 0 Å². The molecule has 1 amide bonds. The summed E-state index contributed by atoms with van der Waals surface area (Å²) in [7, 11) is 0. The Kier molecular flexibility index (Phi) is 3.90. The highest BCUT2D eigenvalue weighted by Crippen LogP contribution is 2.29. The molecule has 0 saturated heterocycles. The number of nitriles is 1. The van der Waals surface area contributed by atoms with Crippen molar-refractivity contribution in [1.29, 1.82) is 5.26 Å². The first kappa shape index (κ1) is 16.5. The SMILES string of the molecule is N#Cc1cc(F)c(C(=O)Nc2ccc3[nH]nc(-c4ccoc4)c3c2)c(F)c1. The number of rotatable bonds is 3. The van der Waals surface area contributed by atoms with Gasteiger partial charge in [-0.25, -0.2) is 8.78 Å². The second-order valence-electron chi connectivity index (χ2n) is 5.73. The predicted octanol–water partition coefficient (Wildman–Crippen LogP) is 4.23. The summed E-state index contributed by atoms with van der Waals surface area (Å²) in [5.41, 5.74) is 1.46. The molecule has 2 aromatic heterocycles. The third-order valence-electron chi connectivity index (χ3n) is 4.01. The van der Waals surface area contributed by atoms with Gasteiger partial charge in [-0.3, -0.25) is 9.89 Å². The van der Waals surface area contributed by atoms with Gasteiger partial charge >= 0.3 is 0 Å². The molecule has 0 radical (unpaired) electrons. The summed E-state index contributed by atoms with van der Waals surface area (Å²) in [4.78, 5) is 12.3. The number of amides is 1. The summed E-state index contributed by atoms with van der Waals surface area (Å²) in [5, 5.41) is 19.0. The largest absolute Gasteiger partial charge is 0.472 e. The average Bonchev–Trinajstić information content (AvgIpc) is 3.29. The molecule has 2 heterocycles. The number of benzene rings is 2. The van der Waals surface area contributed by atoms with Crippen molar-refractivity contribution in [2.24, 2.45) is 0 Å². The van der Waals surface area contributed by atoms with Gasteiger partial charge in [0.25, 0.3) is 5.91 Å². The maximum Gasteiger partial charge on any atom is 0.261 e. The van der Waals surface area contributed by atoms with Gasteiger partial charge in [0.2, 0.25) is 0 Å². The summed E-state index contributed by atoms with van der Waals surface area (Å²) < 4.78 is 33.1. The summed E-state index contributed by atoms with van der Waals surface area (Å²) in [6.45, 7) is 0. The predicted molar refractivity (Wildman–Crippen MR) is 92.8 cm³/mol. The van der Waals surface area contributed by atoms with Gasteiger partial charge in [0.15, 0.2) is 0 Å². The maximum atomic E-state index is 14.0. The summed E-state index contributed by atoms with van der Waals surface area (Å²) in [5.74, 6) is -3.16. The van der Waals surface area contributed by atoms with E-state index < -0.39 is 23.1 Å². The van der Waals surface area contributed by atoms with Crippen molar-refractivity contribution < 1.29 is 18.0 Å². The van der Waals surface area contributed by atoms with Crippen LogP contribution in [0.2, 0.25) is 0 Å². The number of carbonyl (C=O) groups excluding carboxylic acids is 1. The van der Waals surface area contributed by atoms with Crippen molar-refractivity contribution in [3.8, 4) is 17.3 Å². The van der Waals surface area contributed by atoms with Crippen LogP contribution < -0.4 is 5.32 Å². The molecule has 0 fully saturated rings. The lowest BCUT2D eigenvalue weighted by atomic mass is 10.1. The van der Waals surface area contributed by atoms with Crippen molar-refractivity contribution in [2.75, 3.05) is 5.32 Å². The molecule has 6 nitrogen and oxygen atoms in total. The quantitative estimate of drug-likeness (QED) is 0.569. The van der Waals surface area contributed by atoms with Crippen LogP contribution in [0.5, 0.6) is 0 Å². The van der Waals surface area contributed by atoms with E-state index in [1.54, 1.807) is 30.3 Å². The van der Waals surface area contributed by atoms with Crippen LogP contribution in [-0.4, -0.2) is 16.1 Å². The van der Waals surface area contributed by atoms with Crippen molar-refractivity contribution in [1.82, 2.24) is 10.2 Å². The van der Waals surface area contributed by atoms with E-state index in [0.29, 0.717) is 16.8 Å². The Hall–Kier alpha value is -3.99. The molecule has 132 valence electrons.